The van der Waals surface area contributed by atoms with Gasteiger partial charge in [-0.05, 0) is 71.0 Å². The first kappa shape index (κ1) is 24.3. The van der Waals surface area contributed by atoms with Crippen molar-refractivity contribution in [2.75, 3.05) is 45.9 Å². The van der Waals surface area contributed by atoms with Crippen LogP contribution >= 0.6 is 24.0 Å². The SMILES string of the molecule is CCOC(=O)N1CCC(NC(N)=NCCCCN2CCC(C)CC2)CC1.I. The van der Waals surface area contributed by atoms with Gasteiger partial charge in [0.2, 0.25) is 0 Å². The van der Waals surface area contributed by atoms with Crippen molar-refractivity contribution in [3.8, 4) is 0 Å². The lowest BCUT2D eigenvalue weighted by Crippen LogP contribution is -2.48. The number of aliphatic imine (C=N–C) groups is 1. The van der Waals surface area contributed by atoms with E-state index in [2.05, 4.69) is 22.1 Å². The second kappa shape index (κ2) is 13.4. The summed E-state index contributed by atoms with van der Waals surface area (Å²) in [5.41, 5.74) is 6.01. The minimum Gasteiger partial charge on any atom is -0.450 e. The van der Waals surface area contributed by atoms with Crippen LogP contribution in [0.5, 0.6) is 0 Å². The molecule has 3 N–H and O–H groups in total. The van der Waals surface area contributed by atoms with Gasteiger partial charge in [0.05, 0.1) is 6.61 Å². The zero-order valence-corrected chi connectivity index (χ0v) is 19.3. The van der Waals surface area contributed by atoms with Gasteiger partial charge in [-0.15, -0.1) is 24.0 Å². The predicted octanol–water partition coefficient (Wildman–Crippen LogP) is 2.64. The van der Waals surface area contributed by atoms with Crippen LogP contribution in [-0.4, -0.2) is 73.8 Å². The maximum absolute atomic E-state index is 11.7. The van der Waals surface area contributed by atoms with Crippen molar-refractivity contribution in [3.05, 3.63) is 0 Å². The summed E-state index contributed by atoms with van der Waals surface area (Å²) in [7, 11) is 0. The topological polar surface area (TPSA) is 83.2 Å². The molecule has 8 heteroatoms. The Kier molecular flexibility index (Phi) is 12.1. The van der Waals surface area contributed by atoms with Crippen LogP contribution < -0.4 is 11.1 Å². The predicted molar refractivity (Wildman–Crippen MR) is 121 cm³/mol. The lowest BCUT2D eigenvalue weighted by molar-refractivity contribution is 0.0963. The number of piperidine rings is 2. The van der Waals surface area contributed by atoms with E-state index in [9.17, 15) is 4.79 Å². The highest BCUT2D eigenvalue weighted by Gasteiger charge is 2.23. The first-order valence-corrected chi connectivity index (χ1v) is 10.3. The molecule has 27 heavy (non-hydrogen) atoms. The van der Waals surface area contributed by atoms with Gasteiger partial charge in [0.1, 0.15) is 0 Å². The summed E-state index contributed by atoms with van der Waals surface area (Å²) in [5, 5.41) is 3.29. The average molecular weight is 495 g/mol. The van der Waals surface area contributed by atoms with Crippen LogP contribution in [0.15, 0.2) is 4.99 Å². The van der Waals surface area contributed by atoms with E-state index in [1.165, 1.54) is 38.9 Å². The van der Waals surface area contributed by atoms with E-state index < -0.39 is 0 Å². The Bertz CT molecular complexity index is 447. The Hall–Kier alpha value is -0.770. The van der Waals surface area contributed by atoms with Crippen LogP contribution in [0.4, 0.5) is 4.79 Å². The Morgan fingerprint density at radius 2 is 1.81 bits per heavy atom. The van der Waals surface area contributed by atoms with Crippen LogP contribution in [0.2, 0.25) is 0 Å². The third-order valence-corrected chi connectivity index (χ3v) is 5.41. The van der Waals surface area contributed by atoms with E-state index in [0.29, 0.717) is 31.7 Å². The normalized spacial score (nSPS) is 20.2. The Labute approximate surface area is 181 Å². The van der Waals surface area contributed by atoms with Crippen molar-refractivity contribution in [1.82, 2.24) is 15.1 Å². The number of carbonyl (C=O) groups excluding carboxylic acids is 1. The van der Waals surface area contributed by atoms with Gasteiger partial charge < -0.3 is 25.6 Å². The first-order chi connectivity index (χ1) is 12.6. The number of ether oxygens (including phenoxy) is 1. The molecule has 2 fully saturated rings. The number of amides is 1. The highest BCUT2D eigenvalue weighted by molar-refractivity contribution is 14.0. The molecule has 0 aromatic rings. The number of likely N-dealkylation sites (tertiary alicyclic amines) is 2. The number of hydrogen-bond donors (Lipinski definition) is 2. The summed E-state index contributed by atoms with van der Waals surface area (Å²) >= 11 is 0. The van der Waals surface area contributed by atoms with Crippen molar-refractivity contribution in [2.24, 2.45) is 16.6 Å². The molecule has 0 atom stereocenters. The minimum absolute atomic E-state index is 0. The third-order valence-electron chi connectivity index (χ3n) is 5.41. The molecular formula is C19H38IN5O2. The van der Waals surface area contributed by atoms with Gasteiger partial charge in [-0.3, -0.25) is 4.99 Å². The number of nitrogens with one attached hydrogen (secondary N) is 1. The number of halogens is 1. The minimum atomic E-state index is -0.212. The molecular weight excluding hydrogens is 457 g/mol. The molecule has 0 aromatic heterocycles. The van der Waals surface area contributed by atoms with E-state index in [4.69, 9.17) is 10.5 Å². The van der Waals surface area contributed by atoms with Crippen LogP contribution in [0.25, 0.3) is 0 Å². The summed E-state index contributed by atoms with van der Waals surface area (Å²) in [6.45, 7) is 10.5. The zero-order valence-electron chi connectivity index (χ0n) is 17.0. The second-order valence-electron chi connectivity index (χ2n) is 7.60. The van der Waals surface area contributed by atoms with Crippen LogP contribution in [0, 0.1) is 5.92 Å². The van der Waals surface area contributed by atoms with Crippen molar-refractivity contribution in [3.63, 3.8) is 0 Å². The summed E-state index contributed by atoms with van der Waals surface area (Å²) in [4.78, 5) is 20.5. The van der Waals surface area contributed by atoms with Crippen LogP contribution in [-0.2, 0) is 4.74 Å². The highest BCUT2D eigenvalue weighted by atomic mass is 127. The fourth-order valence-electron chi connectivity index (χ4n) is 3.61. The molecule has 2 aliphatic heterocycles. The largest absolute Gasteiger partial charge is 0.450 e. The fourth-order valence-corrected chi connectivity index (χ4v) is 3.61. The molecule has 0 aliphatic carbocycles. The van der Waals surface area contributed by atoms with Crippen molar-refractivity contribution < 1.29 is 9.53 Å². The summed E-state index contributed by atoms with van der Waals surface area (Å²) in [6.07, 6.45) is 6.48. The van der Waals surface area contributed by atoms with Crippen LogP contribution in [0.3, 0.4) is 0 Å². The molecule has 2 rings (SSSR count). The van der Waals surface area contributed by atoms with E-state index in [1.807, 2.05) is 6.92 Å². The monoisotopic (exact) mass is 495 g/mol. The van der Waals surface area contributed by atoms with Gasteiger partial charge in [-0.25, -0.2) is 4.79 Å². The van der Waals surface area contributed by atoms with Gasteiger partial charge in [0.25, 0.3) is 0 Å². The maximum atomic E-state index is 11.7. The standard InChI is InChI=1S/C19H37N5O2.HI/c1-3-26-19(25)24-14-8-17(9-15-24)22-18(20)21-10-4-5-11-23-12-6-16(2)7-13-23;/h16-17H,3-15H2,1-2H3,(H3,20,21,22);1H. The molecule has 2 aliphatic rings. The molecule has 0 radical (unpaired) electrons. The maximum Gasteiger partial charge on any atom is 0.409 e. The summed E-state index contributed by atoms with van der Waals surface area (Å²) in [6, 6.07) is 0.291. The molecule has 0 spiro atoms. The number of carbonyl (C=O) groups is 1. The Balaban J connectivity index is 0.00000364. The smallest absolute Gasteiger partial charge is 0.409 e. The molecule has 158 valence electrons. The summed E-state index contributed by atoms with van der Waals surface area (Å²) < 4.78 is 5.04. The van der Waals surface area contributed by atoms with Gasteiger partial charge in [-0.2, -0.15) is 0 Å². The number of nitrogens with zero attached hydrogens (tertiary/aromatic N) is 3. The van der Waals surface area contributed by atoms with Crippen molar-refractivity contribution >= 4 is 36.0 Å². The summed E-state index contributed by atoms with van der Waals surface area (Å²) in [5.74, 6) is 1.43. The van der Waals surface area contributed by atoms with E-state index in [-0.39, 0.29) is 30.1 Å². The first-order valence-electron chi connectivity index (χ1n) is 10.3. The number of rotatable bonds is 7. The lowest BCUT2D eigenvalue weighted by atomic mass is 9.99. The highest BCUT2D eigenvalue weighted by Crippen LogP contribution is 2.16. The zero-order chi connectivity index (χ0) is 18.8. The van der Waals surface area contributed by atoms with Gasteiger partial charge in [0.15, 0.2) is 5.96 Å². The molecule has 2 heterocycles. The number of nitrogens with two attached hydrogens (primary N) is 1. The molecule has 1 amide bonds. The second-order valence-corrected chi connectivity index (χ2v) is 7.60. The quantitative estimate of drug-likeness (QED) is 0.246. The molecule has 0 aromatic carbocycles. The molecule has 0 bridgehead atoms. The Morgan fingerprint density at radius 1 is 1.15 bits per heavy atom. The van der Waals surface area contributed by atoms with E-state index in [1.54, 1.807) is 4.90 Å². The molecule has 2 saturated heterocycles. The average Bonchev–Trinajstić information content (AvgIpc) is 2.64. The van der Waals surface area contributed by atoms with Crippen molar-refractivity contribution in [1.29, 1.82) is 0 Å². The van der Waals surface area contributed by atoms with Crippen LogP contribution in [0.1, 0.15) is 52.4 Å². The lowest BCUT2D eigenvalue weighted by Gasteiger charge is -2.31. The number of hydrogen-bond acceptors (Lipinski definition) is 4. The van der Waals surface area contributed by atoms with Gasteiger partial charge >= 0.3 is 6.09 Å². The van der Waals surface area contributed by atoms with Gasteiger partial charge in [0, 0.05) is 25.7 Å². The molecule has 7 nitrogen and oxygen atoms in total. The van der Waals surface area contributed by atoms with E-state index in [0.717, 1.165) is 31.7 Å². The molecule has 0 unspecified atom stereocenters. The number of guanidine groups is 1. The van der Waals surface area contributed by atoms with Crippen molar-refractivity contribution in [2.45, 2.75) is 58.4 Å². The number of unbranched alkanes of at least 4 members (excludes halogenated alkanes) is 1. The molecule has 0 saturated carbocycles. The fraction of sp³-hybridized carbons (Fsp3) is 0.895. The van der Waals surface area contributed by atoms with Gasteiger partial charge in [-0.1, -0.05) is 6.92 Å². The Morgan fingerprint density at radius 3 is 2.44 bits per heavy atom. The van der Waals surface area contributed by atoms with E-state index >= 15 is 0 Å². The third kappa shape index (κ3) is 9.32.